The lowest BCUT2D eigenvalue weighted by atomic mass is 10.4. The standard InChI is InChI=1S/2C5H10O3/c1-5(4-6,7-2)8-3;1-4(6)5(7-2)8-3/h4H,1-3H3;5H,1-3H3. The number of Topliss-reactive ketones (excluding diaryl/α,β-unsaturated/α-hetero) is 1. The predicted molar refractivity (Wildman–Crippen MR) is 57.0 cm³/mol. The monoisotopic (exact) mass is 236 g/mol. The van der Waals surface area contributed by atoms with E-state index in [0.717, 1.165) is 0 Å². The average Bonchev–Trinajstić information content (AvgIpc) is 2.30. The van der Waals surface area contributed by atoms with Gasteiger partial charge >= 0.3 is 0 Å². The van der Waals surface area contributed by atoms with Crippen molar-refractivity contribution in [1.29, 1.82) is 0 Å². The minimum absolute atomic E-state index is 0.116. The molecule has 6 heteroatoms. The SMILES string of the molecule is COC(C)(C=O)OC.COC(OC)C(C)=O. The van der Waals surface area contributed by atoms with Crippen LogP contribution in [0.1, 0.15) is 13.8 Å². The summed E-state index contributed by atoms with van der Waals surface area (Å²) >= 11 is 0. The molecule has 0 N–H and O–H groups in total. The molecule has 0 aliphatic carbocycles. The van der Waals surface area contributed by atoms with E-state index in [1.165, 1.54) is 35.4 Å². The van der Waals surface area contributed by atoms with E-state index in [4.69, 9.17) is 0 Å². The van der Waals surface area contributed by atoms with Crippen LogP contribution in [0.25, 0.3) is 0 Å². The van der Waals surface area contributed by atoms with Gasteiger partial charge in [0, 0.05) is 28.4 Å². The maximum absolute atomic E-state index is 10.4. The third-order valence-corrected chi connectivity index (χ3v) is 1.78. The van der Waals surface area contributed by atoms with Crippen molar-refractivity contribution in [2.75, 3.05) is 28.4 Å². The Bertz CT molecular complexity index is 195. The highest BCUT2D eigenvalue weighted by Crippen LogP contribution is 2.03. The molecule has 0 saturated heterocycles. The number of aldehydes is 1. The molecule has 0 saturated carbocycles. The highest BCUT2D eigenvalue weighted by molar-refractivity contribution is 5.78. The molecule has 0 fully saturated rings. The first-order valence-electron chi connectivity index (χ1n) is 4.53. The molecular weight excluding hydrogens is 216 g/mol. The Labute approximate surface area is 95.8 Å². The molecular formula is C10H20O6. The second-order valence-corrected chi connectivity index (χ2v) is 2.96. The topological polar surface area (TPSA) is 71.1 Å². The lowest BCUT2D eigenvalue weighted by Crippen LogP contribution is -2.30. The van der Waals surface area contributed by atoms with Gasteiger partial charge in [-0.15, -0.1) is 0 Å². The van der Waals surface area contributed by atoms with Crippen molar-refractivity contribution < 1.29 is 28.5 Å². The van der Waals surface area contributed by atoms with Crippen LogP contribution >= 0.6 is 0 Å². The summed E-state index contributed by atoms with van der Waals surface area (Å²) in [5.41, 5.74) is 0. The summed E-state index contributed by atoms with van der Waals surface area (Å²) in [5, 5.41) is 0. The molecule has 96 valence electrons. The summed E-state index contributed by atoms with van der Waals surface area (Å²) in [6.07, 6.45) is -0.0810. The van der Waals surface area contributed by atoms with E-state index in [2.05, 4.69) is 18.9 Å². The summed E-state index contributed by atoms with van der Waals surface area (Å²) in [5.74, 6) is -1.17. The van der Waals surface area contributed by atoms with E-state index in [0.29, 0.717) is 6.29 Å². The molecule has 0 spiro atoms. The molecule has 0 aromatic rings. The van der Waals surface area contributed by atoms with Gasteiger partial charge in [0.1, 0.15) is 0 Å². The summed E-state index contributed by atoms with van der Waals surface area (Å²) in [6, 6.07) is 0. The van der Waals surface area contributed by atoms with Gasteiger partial charge in [0.15, 0.2) is 12.1 Å². The van der Waals surface area contributed by atoms with Crippen LogP contribution in [0.15, 0.2) is 0 Å². The van der Waals surface area contributed by atoms with E-state index in [1.807, 2.05) is 0 Å². The molecule has 6 nitrogen and oxygen atoms in total. The van der Waals surface area contributed by atoms with Gasteiger partial charge in [-0.1, -0.05) is 0 Å². The van der Waals surface area contributed by atoms with Gasteiger partial charge in [-0.3, -0.25) is 9.59 Å². The Hall–Kier alpha value is -0.820. The quantitative estimate of drug-likeness (QED) is 0.490. The minimum atomic E-state index is -1.06. The number of methoxy groups -OCH3 is 4. The predicted octanol–water partition coefficient (Wildman–Crippen LogP) is 0.389. The van der Waals surface area contributed by atoms with E-state index in [-0.39, 0.29) is 5.78 Å². The third kappa shape index (κ3) is 7.47. The second-order valence-electron chi connectivity index (χ2n) is 2.96. The van der Waals surface area contributed by atoms with Crippen LogP contribution in [0.3, 0.4) is 0 Å². The molecule has 0 aliphatic rings. The fraction of sp³-hybridized carbons (Fsp3) is 0.800. The van der Waals surface area contributed by atoms with Crippen LogP contribution in [-0.4, -0.2) is 52.6 Å². The molecule has 0 aliphatic heterocycles. The Morgan fingerprint density at radius 2 is 1.50 bits per heavy atom. The van der Waals surface area contributed by atoms with Crippen LogP contribution in [0, 0.1) is 0 Å². The number of hydrogen-bond donors (Lipinski definition) is 0. The van der Waals surface area contributed by atoms with Gasteiger partial charge in [-0.25, -0.2) is 0 Å². The zero-order valence-corrected chi connectivity index (χ0v) is 10.6. The lowest BCUT2D eigenvalue weighted by molar-refractivity contribution is -0.186. The molecule has 0 heterocycles. The summed E-state index contributed by atoms with van der Waals surface area (Å²) in [6.45, 7) is 2.96. The first kappa shape index (κ1) is 17.6. The Balaban J connectivity index is 0. The number of ether oxygens (including phenoxy) is 4. The second kappa shape index (κ2) is 9.41. The summed E-state index contributed by atoms with van der Waals surface area (Å²) in [4.78, 5) is 20.4. The van der Waals surface area contributed by atoms with Gasteiger partial charge in [-0.2, -0.15) is 0 Å². The van der Waals surface area contributed by atoms with Crippen LogP contribution in [0.4, 0.5) is 0 Å². The highest BCUT2D eigenvalue weighted by Gasteiger charge is 2.20. The van der Waals surface area contributed by atoms with Crippen LogP contribution < -0.4 is 0 Å². The summed E-state index contributed by atoms with van der Waals surface area (Å²) < 4.78 is 18.5. The molecule has 0 rings (SSSR count). The van der Waals surface area contributed by atoms with E-state index in [1.54, 1.807) is 6.92 Å². The number of hydrogen-bond acceptors (Lipinski definition) is 6. The van der Waals surface area contributed by atoms with Crippen molar-refractivity contribution in [3.8, 4) is 0 Å². The van der Waals surface area contributed by atoms with E-state index >= 15 is 0 Å². The van der Waals surface area contributed by atoms with Crippen LogP contribution in [-0.2, 0) is 28.5 Å². The van der Waals surface area contributed by atoms with Crippen molar-refractivity contribution in [3.63, 3.8) is 0 Å². The molecule has 0 atom stereocenters. The number of carbonyl (C=O) groups excluding carboxylic acids is 2. The first-order chi connectivity index (χ1) is 7.40. The Kier molecular flexibility index (Phi) is 10.3. The number of carbonyl (C=O) groups is 2. The Morgan fingerprint density at radius 3 is 1.50 bits per heavy atom. The van der Waals surface area contributed by atoms with Gasteiger partial charge in [-0.05, 0) is 13.8 Å². The van der Waals surface area contributed by atoms with Crippen LogP contribution in [0.5, 0.6) is 0 Å². The average molecular weight is 236 g/mol. The normalized spacial score (nSPS) is 10.7. The smallest absolute Gasteiger partial charge is 0.222 e. The van der Waals surface area contributed by atoms with E-state index < -0.39 is 12.1 Å². The van der Waals surface area contributed by atoms with Gasteiger partial charge in [0.05, 0.1) is 0 Å². The fourth-order valence-corrected chi connectivity index (χ4v) is 0.608. The zero-order valence-electron chi connectivity index (χ0n) is 10.6. The number of rotatable bonds is 6. The van der Waals surface area contributed by atoms with Gasteiger partial charge in [0.2, 0.25) is 12.1 Å². The summed E-state index contributed by atoms with van der Waals surface area (Å²) in [7, 11) is 5.68. The lowest BCUT2D eigenvalue weighted by Gasteiger charge is -2.17. The maximum atomic E-state index is 10.4. The van der Waals surface area contributed by atoms with E-state index in [9.17, 15) is 9.59 Å². The molecule has 0 aromatic heterocycles. The van der Waals surface area contributed by atoms with Gasteiger partial charge < -0.3 is 18.9 Å². The maximum Gasteiger partial charge on any atom is 0.222 e. The van der Waals surface area contributed by atoms with Crippen molar-refractivity contribution in [3.05, 3.63) is 0 Å². The zero-order chi connectivity index (χ0) is 13.2. The largest absolute Gasteiger partial charge is 0.349 e. The molecule has 0 radical (unpaired) electrons. The third-order valence-electron chi connectivity index (χ3n) is 1.78. The molecule has 0 unspecified atom stereocenters. The van der Waals surface area contributed by atoms with Crippen LogP contribution in [0.2, 0.25) is 0 Å². The number of ketones is 1. The molecule has 16 heavy (non-hydrogen) atoms. The first-order valence-corrected chi connectivity index (χ1v) is 4.53. The molecule has 0 aromatic carbocycles. The fourth-order valence-electron chi connectivity index (χ4n) is 0.608. The Morgan fingerprint density at radius 1 is 1.12 bits per heavy atom. The van der Waals surface area contributed by atoms with Crippen molar-refractivity contribution >= 4 is 12.1 Å². The van der Waals surface area contributed by atoms with Gasteiger partial charge in [0.25, 0.3) is 0 Å². The minimum Gasteiger partial charge on any atom is -0.349 e. The van der Waals surface area contributed by atoms with Crippen molar-refractivity contribution in [2.45, 2.75) is 25.9 Å². The molecule has 0 bridgehead atoms. The van der Waals surface area contributed by atoms with Crippen molar-refractivity contribution in [2.24, 2.45) is 0 Å². The highest BCUT2D eigenvalue weighted by atomic mass is 16.7. The molecule has 0 amide bonds. The van der Waals surface area contributed by atoms with Crippen molar-refractivity contribution in [1.82, 2.24) is 0 Å².